The lowest BCUT2D eigenvalue weighted by Gasteiger charge is -2.21. The first-order chi connectivity index (χ1) is 14.6. The van der Waals surface area contributed by atoms with Crippen molar-refractivity contribution in [3.63, 3.8) is 0 Å². The van der Waals surface area contributed by atoms with Gasteiger partial charge >= 0.3 is 0 Å². The molecule has 2 N–H and O–H groups in total. The summed E-state index contributed by atoms with van der Waals surface area (Å²) >= 11 is 0. The smallest absolute Gasteiger partial charge is 0.266 e. The van der Waals surface area contributed by atoms with Gasteiger partial charge in [-0.3, -0.25) is 4.79 Å². The van der Waals surface area contributed by atoms with Crippen molar-refractivity contribution in [2.75, 3.05) is 10.6 Å². The normalized spacial score (nSPS) is 13.3. The Morgan fingerprint density at radius 3 is 2.60 bits per heavy atom. The van der Waals surface area contributed by atoms with Gasteiger partial charge in [0.25, 0.3) is 5.91 Å². The highest BCUT2D eigenvalue weighted by Gasteiger charge is 2.21. The number of para-hydroxylation sites is 1. The highest BCUT2D eigenvalue weighted by molar-refractivity contribution is 6.07. The summed E-state index contributed by atoms with van der Waals surface area (Å²) in [5.41, 5.74) is 5.13. The molecule has 0 fully saturated rings. The summed E-state index contributed by atoms with van der Waals surface area (Å²) in [6.07, 6.45) is 3.08. The Bertz CT molecular complexity index is 1190. The van der Waals surface area contributed by atoms with Crippen molar-refractivity contribution >= 4 is 23.2 Å². The van der Waals surface area contributed by atoms with Crippen LogP contribution in [0.2, 0.25) is 0 Å². The van der Waals surface area contributed by atoms with E-state index in [0.29, 0.717) is 12.5 Å². The largest absolute Gasteiger partial charge is 0.324 e. The van der Waals surface area contributed by atoms with Crippen molar-refractivity contribution in [3.05, 3.63) is 88.8 Å². The zero-order valence-corrected chi connectivity index (χ0v) is 16.7. The molecule has 0 atom stereocenters. The average molecular weight is 396 g/mol. The third kappa shape index (κ3) is 3.71. The number of hydrogen-bond acceptors (Lipinski definition) is 5. The van der Waals surface area contributed by atoms with Gasteiger partial charge in [-0.05, 0) is 42.2 Å². The van der Waals surface area contributed by atoms with Crippen LogP contribution < -0.4 is 10.6 Å². The summed E-state index contributed by atoms with van der Waals surface area (Å²) < 4.78 is 1.69. The number of carbonyl (C=O) groups excluding carboxylic acids is 1. The number of amides is 1. The van der Waals surface area contributed by atoms with E-state index in [1.165, 1.54) is 6.33 Å². The van der Waals surface area contributed by atoms with Crippen LogP contribution in [0, 0.1) is 25.2 Å². The molecule has 7 nitrogen and oxygen atoms in total. The molecule has 30 heavy (non-hydrogen) atoms. The molecule has 7 heteroatoms. The molecule has 3 aromatic rings. The molecule has 1 aliphatic rings. The van der Waals surface area contributed by atoms with Gasteiger partial charge < -0.3 is 10.6 Å². The fraction of sp³-hybridized carbons (Fsp3) is 0.130. The van der Waals surface area contributed by atoms with Crippen molar-refractivity contribution in [2.24, 2.45) is 0 Å². The Balaban J connectivity index is 1.72. The molecular weight excluding hydrogens is 376 g/mol. The highest BCUT2D eigenvalue weighted by Crippen LogP contribution is 2.28. The van der Waals surface area contributed by atoms with E-state index in [2.05, 4.69) is 20.7 Å². The topological polar surface area (TPSA) is 95.6 Å². The van der Waals surface area contributed by atoms with Crippen LogP contribution in [0.5, 0.6) is 0 Å². The van der Waals surface area contributed by atoms with Crippen LogP contribution >= 0.6 is 0 Å². The lowest BCUT2D eigenvalue weighted by molar-refractivity contribution is -0.112. The molecule has 2 heterocycles. The molecular formula is C23H20N6O. The number of benzene rings is 2. The molecule has 2 aromatic carbocycles. The first-order valence-corrected chi connectivity index (χ1v) is 9.49. The molecule has 0 saturated carbocycles. The molecule has 0 saturated heterocycles. The van der Waals surface area contributed by atoms with E-state index >= 15 is 0 Å². The van der Waals surface area contributed by atoms with E-state index in [9.17, 15) is 10.1 Å². The van der Waals surface area contributed by atoms with Crippen LogP contribution in [0.4, 0.5) is 11.6 Å². The number of anilines is 2. The maximum atomic E-state index is 12.9. The Hall–Kier alpha value is -4.18. The van der Waals surface area contributed by atoms with Gasteiger partial charge in [-0.25, -0.2) is 4.68 Å². The number of fused-ring (bicyclic) bond motifs is 1. The number of aromatic nitrogens is 3. The minimum Gasteiger partial charge on any atom is -0.324 e. The fourth-order valence-corrected chi connectivity index (χ4v) is 3.40. The Labute approximate surface area is 174 Å². The van der Waals surface area contributed by atoms with E-state index in [1.807, 2.05) is 68.4 Å². The molecule has 148 valence electrons. The predicted octanol–water partition coefficient (Wildman–Crippen LogP) is 3.82. The van der Waals surface area contributed by atoms with Gasteiger partial charge in [-0.1, -0.05) is 48.5 Å². The fourth-order valence-electron chi connectivity index (χ4n) is 3.40. The molecule has 1 aromatic heterocycles. The van der Waals surface area contributed by atoms with Gasteiger partial charge in [0.05, 0.1) is 12.2 Å². The van der Waals surface area contributed by atoms with Crippen molar-refractivity contribution in [3.8, 4) is 6.07 Å². The van der Waals surface area contributed by atoms with Crippen molar-refractivity contribution < 1.29 is 4.79 Å². The SMILES string of the molecule is Cc1cccc(C)c1NC(=O)/C(C#N)=C/C1=C(c2ccccc2)Nc2ncnn2C1. The molecule has 0 aliphatic carbocycles. The van der Waals surface area contributed by atoms with Gasteiger partial charge in [-0.2, -0.15) is 15.3 Å². The number of nitrogens with one attached hydrogen (secondary N) is 2. The molecule has 0 unspecified atom stereocenters. The van der Waals surface area contributed by atoms with E-state index in [-0.39, 0.29) is 5.57 Å². The van der Waals surface area contributed by atoms with Crippen LogP contribution in [0.25, 0.3) is 5.70 Å². The summed E-state index contributed by atoms with van der Waals surface area (Å²) in [7, 11) is 0. The van der Waals surface area contributed by atoms with E-state index in [4.69, 9.17) is 0 Å². The molecule has 4 rings (SSSR count). The third-order valence-electron chi connectivity index (χ3n) is 4.96. The van der Waals surface area contributed by atoms with Gasteiger partial charge in [0.15, 0.2) is 0 Å². The van der Waals surface area contributed by atoms with Crippen LogP contribution in [-0.2, 0) is 11.3 Å². The molecule has 1 aliphatic heterocycles. The van der Waals surface area contributed by atoms with Crippen molar-refractivity contribution in [1.29, 1.82) is 5.26 Å². The van der Waals surface area contributed by atoms with Crippen molar-refractivity contribution in [1.82, 2.24) is 14.8 Å². The maximum absolute atomic E-state index is 12.9. The first-order valence-electron chi connectivity index (χ1n) is 9.49. The zero-order valence-electron chi connectivity index (χ0n) is 16.7. The Morgan fingerprint density at radius 2 is 1.90 bits per heavy atom. The van der Waals surface area contributed by atoms with Crippen molar-refractivity contribution in [2.45, 2.75) is 20.4 Å². The van der Waals surface area contributed by atoms with Gasteiger partial charge in [0.2, 0.25) is 5.95 Å². The van der Waals surface area contributed by atoms with E-state index < -0.39 is 5.91 Å². The van der Waals surface area contributed by atoms with E-state index in [1.54, 1.807) is 10.8 Å². The van der Waals surface area contributed by atoms with E-state index in [0.717, 1.165) is 33.6 Å². The number of allylic oxidation sites excluding steroid dienone is 2. The van der Waals surface area contributed by atoms with Crippen LogP contribution in [0.3, 0.4) is 0 Å². The third-order valence-corrected chi connectivity index (χ3v) is 4.96. The first kappa shape index (κ1) is 19.2. The standard InChI is InChI=1S/C23H20N6O/c1-15-7-6-8-16(2)20(15)27-22(30)18(12-24)11-19-13-29-23(25-14-26-29)28-21(19)17-9-4-3-5-10-17/h3-11,14H,13H2,1-2H3,(H,27,30)(H,25,26,28)/b18-11+. The molecule has 1 amide bonds. The number of nitrogens with zero attached hydrogens (tertiary/aromatic N) is 4. The summed E-state index contributed by atoms with van der Waals surface area (Å²) in [6, 6.07) is 17.5. The Kier molecular flexibility index (Phi) is 5.14. The Morgan fingerprint density at radius 1 is 1.17 bits per heavy atom. The summed E-state index contributed by atoms with van der Waals surface area (Å²) in [6.45, 7) is 4.24. The van der Waals surface area contributed by atoms with Gasteiger partial charge in [0.1, 0.15) is 18.0 Å². The number of hydrogen-bond donors (Lipinski definition) is 2. The second-order valence-corrected chi connectivity index (χ2v) is 7.02. The van der Waals surface area contributed by atoms with Gasteiger partial charge in [-0.15, -0.1) is 0 Å². The summed E-state index contributed by atoms with van der Waals surface area (Å²) in [5, 5.41) is 20.0. The zero-order chi connectivity index (χ0) is 21.1. The summed E-state index contributed by atoms with van der Waals surface area (Å²) in [5.74, 6) is 0.170. The monoisotopic (exact) mass is 396 g/mol. The molecule has 0 radical (unpaired) electrons. The van der Waals surface area contributed by atoms with Crippen LogP contribution in [0.15, 0.2) is 72.1 Å². The molecule has 0 bridgehead atoms. The number of aryl methyl sites for hydroxylation is 2. The lowest BCUT2D eigenvalue weighted by atomic mass is 10.0. The lowest BCUT2D eigenvalue weighted by Crippen LogP contribution is -2.20. The quantitative estimate of drug-likeness (QED) is 0.516. The predicted molar refractivity (Wildman–Crippen MR) is 115 cm³/mol. The minimum atomic E-state index is -0.445. The second-order valence-electron chi connectivity index (χ2n) is 7.02. The minimum absolute atomic E-state index is 0.0199. The average Bonchev–Trinajstić information content (AvgIpc) is 3.22. The van der Waals surface area contributed by atoms with Crippen LogP contribution in [-0.4, -0.2) is 20.7 Å². The second kappa shape index (κ2) is 8.05. The number of carbonyl (C=O) groups is 1. The highest BCUT2D eigenvalue weighted by atomic mass is 16.1. The maximum Gasteiger partial charge on any atom is 0.266 e. The van der Waals surface area contributed by atoms with Gasteiger partial charge in [0, 0.05) is 5.69 Å². The summed E-state index contributed by atoms with van der Waals surface area (Å²) in [4.78, 5) is 17.1. The number of nitriles is 1. The van der Waals surface area contributed by atoms with Crippen LogP contribution in [0.1, 0.15) is 16.7 Å². The molecule has 0 spiro atoms. The number of rotatable bonds is 4.